The summed E-state index contributed by atoms with van der Waals surface area (Å²) in [5.74, 6) is 1.10. The Labute approximate surface area is 147 Å². The Kier molecular flexibility index (Phi) is 3.84. The Morgan fingerprint density at radius 2 is 1.92 bits per heavy atom. The number of anilines is 1. The van der Waals surface area contributed by atoms with Crippen LogP contribution >= 0.6 is 0 Å². The van der Waals surface area contributed by atoms with Crippen LogP contribution in [0.2, 0.25) is 0 Å². The Bertz CT molecular complexity index is 1020. The van der Waals surface area contributed by atoms with E-state index >= 15 is 0 Å². The summed E-state index contributed by atoms with van der Waals surface area (Å²) in [6.07, 6.45) is 3.97. The van der Waals surface area contributed by atoms with E-state index in [1.807, 2.05) is 31.3 Å². The van der Waals surface area contributed by atoms with Gasteiger partial charge in [-0.05, 0) is 37.6 Å². The van der Waals surface area contributed by atoms with E-state index in [2.05, 4.69) is 14.3 Å². The molecule has 0 bridgehead atoms. The number of imidazole rings is 1. The minimum Gasteiger partial charge on any atom is -0.328 e. The van der Waals surface area contributed by atoms with E-state index in [-0.39, 0.29) is 4.90 Å². The van der Waals surface area contributed by atoms with Gasteiger partial charge >= 0.3 is 0 Å². The summed E-state index contributed by atoms with van der Waals surface area (Å²) >= 11 is 0. The highest BCUT2D eigenvalue weighted by atomic mass is 32.2. The van der Waals surface area contributed by atoms with E-state index in [4.69, 9.17) is 0 Å². The number of hydrogen-bond donors (Lipinski definition) is 1. The number of nitrogens with one attached hydrogen (secondary N) is 1. The first-order chi connectivity index (χ1) is 12.0. The number of nitrogens with zero attached hydrogens (tertiary/aromatic N) is 2. The summed E-state index contributed by atoms with van der Waals surface area (Å²) in [6.45, 7) is 2.89. The van der Waals surface area contributed by atoms with Crippen LogP contribution in [0, 0.1) is 6.92 Å². The topological polar surface area (TPSA) is 64.0 Å². The Morgan fingerprint density at radius 3 is 2.72 bits per heavy atom. The average Bonchev–Trinajstić information content (AvgIpc) is 3.18. The van der Waals surface area contributed by atoms with Crippen molar-refractivity contribution in [3.8, 4) is 11.3 Å². The lowest BCUT2D eigenvalue weighted by molar-refractivity contribution is 0.601. The summed E-state index contributed by atoms with van der Waals surface area (Å²) in [6, 6.07) is 14.3. The van der Waals surface area contributed by atoms with Crippen LogP contribution in [-0.4, -0.2) is 18.0 Å². The van der Waals surface area contributed by atoms with Crippen LogP contribution in [0.1, 0.15) is 17.8 Å². The molecule has 1 N–H and O–H groups in total. The molecule has 0 amide bonds. The molecule has 0 saturated heterocycles. The molecule has 0 fully saturated rings. The molecule has 1 aliphatic heterocycles. The van der Waals surface area contributed by atoms with E-state index in [1.54, 1.807) is 30.3 Å². The zero-order chi connectivity index (χ0) is 17.4. The van der Waals surface area contributed by atoms with E-state index in [1.165, 1.54) is 0 Å². The van der Waals surface area contributed by atoms with Crippen molar-refractivity contribution in [3.63, 3.8) is 0 Å². The predicted molar refractivity (Wildman–Crippen MR) is 98.0 cm³/mol. The van der Waals surface area contributed by atoms with Crippen molar-refractivity contribution in [2.24, 2.45) is 0 Å². The van der Waals surface area contributed by atoms with Crippen LogP contribution in [0.5, 0.6) is 0 Å². The number of fused-ring (bicyclic) bond motifs is 1. The molecular formula is C19H19N3O2S. The second-order valence-corrected chi connectivity index (χ2v) is 8.00. The van der Waals surface area contributed by atoms with Crippen molar-refractivity contribution < 1.29 is 8.42 Å². The van der Waals surface area contributed by atoms with Gasteiger partial charge in [-0.2, -0.15) is 0 Å². The molecule has 1 aromatic heterocycles. The molecule has 0 spiro atoms. The average molecular weight is 353 g/mol. The van der Waals surface area contributed by atoms with Gasteiger partial charge in [-0.3, -0.25) is 4.72 Å². The lowest BCUT2D eigenvalue weighted by Crippen LogP contribution is -2.12. The van der Waals surface area contributed by atoms with Gasteiger partial charge in [0, 0.05) is 24.2 Å². The second kappa shape index (κ2) is 6.04. The molecule has 25 heavy (non-hydrogen) atoms. The third-order valence-corrected chi connectivity index (χ3v) is 5.86. The maximum Gasteiger partial charge on any atom is 0.261 e. The van der Waals surface area contributed by atoms with Gasteiger partial charge in [-0.1, -0.05) is 29.8 Å². The summed E-state index contributed by atoms with van der Waals surface area (Å²) in [4.78, 5) is 4.72. The van der Waals surface area contributed by atoms with Gasteiger partial charge in [-0.25, -0.2) is 13.4 Å². The lowest BCUT2D eigenvalue weighted by Gasteiger charge is -2.11. The molecular weight excluding hydrogens is 334 g/mol. The molecule has 0 saturated carbocycles. The number of rotatable bonds is 4. The fourth-order valence-corrected chi connectivity index (χ4v) is 4.21. The summed E-state index contributed by atoms with van der Waals surface area (Å²) < 4.78 is 30.0. The Morgan fingerprint density at radius 1 is 1.12 bits per heavy atom. The first-order valence-corrected chi connectivity index (χ1v) is 9.75. The first kappa shape index (κ1) is 15.9. The molecule has 1 aliphatic rings. The van der Waals surface area contributed by atoms with Gasteiger partial charge in [-0.15, -0.1) is 0 Å². The Balaban J connectivity index is 1.64. The standard InChI is InChI=1S/C19H19N3O2S/c1-14-7-9-17(10-8-14)25(23,24)21-16-5-2-4-15(12-16)18-13-20-19-6-3-11-22(18)19/h2,4-5,7-10,12-13,21H,3,6,11H2,1H3. The number of benzene rings is 2. The van der Waals surface area contributed by atoms with Gasteiger partial charge in [0.25, 0.3) is 10.0 Å². The van der Waals surface area contributed by atoms with Crippen molar-refractivity contribution in [2.75, 3.05) is 4.72 Å². The normalized spacial score (nSPS) is 13.6. The Hall–Kier alpha value is -2.60. The molecule has 2 heterocycles. The van der Waals surface area contributed by atoms with E-state index in [0.29, 0.717) is 5.69 Å². The summed E-state index contributed by atoms with van der Waals surface area (Å²) in [5, 5.41) is 0. The molecule has 5 nitrogen and oxygen atoms in total. The highest BCUT2D eigenvalue weighted by Crippen LogP contribution is 2.28. The second-order valence-electron chi connectivity index (χ2n) is 6.31. The molecule has 3 aromatic rings. The van der Waals surface area contributed by atoms with Crippen molar-refractivity contribution in [1.29, 1.82) is 0 Å². The summed E-state index contributed by atoms with van der Waals surface area (Å²) in [5.41, 5.74) is 3.57. The first-order valence-electron chi connectivity index (χ1n) is 8.27. The summed E-state index contributed by atoms with van der Waals surface area (Å²) in [7, 11) is -3.60. The van der Waals surface area contributed by atoms with Crippen LogP contribution < -0.4 is 4.72 Å². The van der Waals surface area contributed by atoms with E-state index in [0.717, 1.165) is 42.0 Å². The number of hydrogen-bond acceptors (Lipinski definition) is 3. The van der Waals surface area contributed by atoms with Gasteiger partial charge in [0.2, 0.25) is 0 Å². The molecule has 4 rings (SSSR count). The number of aryl methyl sites for hydroxylation is 2. The molecule has 6 heteroatoms. The maximum absolute atomic E-state index is 12.6. The van der Waals surface area contributed by atoms with E-state index < -0.39 is 10.0 Å². The third kappa shape index (κ3) is 3.05. The monoisotopic (exact) mass is 353 g/mol. The van der Waals surface area contributed by atoms with Gasteiger partial charge < -0.3 is 4.57 Å². The molecule has 0 aliphatic carbocycles. The van der Waals surface area contributed by atoms with Crippen LogP contribution in [0.3, 0.4) is 0 Å². The molecule has 0 atom stereocenters. The van der Waals surface area contributed by atoms with Crippen molar-refractivity contribution in [2.45, 2.75) is 31.2 Å². The predicted octanol–water partition coefficient (Wildman–Crippen LogP) is 3.61. The SMILES string of the molecule is Cc1ccc(S(=O)(=O)Nc2cccc(-c3cnc4n3CCC4)c2)cc1. The van der Waals surface area contributed by atoms with Gasteiger partial charge in [0.05, 0.1) is 16.8 Å². The minimum atomic E-state index is -3.60. The van der Waals surface area contributed by atoms with Crippen LogP contribution in [0.25, 0.3) is 11.3 Å². The minimum absolute atomic E-state index is 0.258. The lowest BCUT2D eigenvalue weighted by atomic mass is 10.1. The highest BCUT2D eigenvalue weighted by Gasteiger charge is 2.18. The highest BCUT2D eigenvalue weighted by molar-refractivity contribution is 7.92. The van der Waals surface area contributed by atoms with Gasteiger partial charge in [0.15, 0.2) is 0 Å². The van der Waals surface area contributed by atoms with Crippen molar-refractivity contribution >= 4 is 15.7 Å². The zero-order valence-electron chi connectivity index (χ0n) is 13.9. The third-order valence-electron chi connectivity index (χ3n) is 4.46. The number of aromatic nitrogens is 2. The van der Waals surface area contributed by atoms with Gasteiger partial charge in [0.1, 0.15) is 5.82 Å². The molecule has 128 valence electrons. The smallest absolute Gasteiger partial charge is 0.261 e. The molecule has 2 aromatic carbocycles. The van der Waals surface area contributed by atoms with E-state index in [9.17, 15) is 8.42 Å². The quantitative estimate of drug-likeness (QED) is 0.779. The largest absolute Gasteiger partial charge is 0.328 e. The molecule has 0 radical (unpaired) electrons. The van der Waals surface area contributed by atoms with Crippen LogP contribution in [0.15, 0.2) is 59.6 Å². The zero-order valence-corrected chi connectivity index (χ0v) is 14.8. The van der Waals surface area contributed by atoms with Crippen LogP contribution in [-0.2, 0) is 23.0 Å². The van der Waals surface area contributed by atoms with Crippen LogP contribution in [0.4, 0.5) is 5.69 Å². The van der Waals surface area contributed by atoms with Crippen molar-refractivity contribution in [3.05, 3.63) is 66.1 Å². The maximum atomic E-state index is 12.6. The molecule has 0 unspecified atom stereocenters. The fraction of sp³-hybridized carbons (Fsp3) is 0.211. The number of sulfonamides is 1. The fourth-order valence-electron chi connectivity index (χ4n) is 3.16. The van der Waals surface area contributed by atoms with Crippen molar-refractivity contribution in [1.82, 2.24) is 9.55 Å².